The quantitative estimate of drug-likeness (QED) is 0.817. The zero-order valence-corrected chi connectivity index (χ0v) is 12.2. The normalized spacial score (nSPS) is 17.3. The predicted molar refractivity (Wildman–Crippen MR) is 80.2 cm³/mol. The standard InChI is InChI=1S/C16H14O4S/c1-19-16(12-7-3-2-4-8-12)15-11-13-9-5-6-10-14(13)20-21(15,17)18/h2-11,16H,1H3. The predicted octanol–water partition coefficient (Wildman–Crippen LogP) is 3.14. The van der Waals surface area contributed by atoms with Gasteiger partial charge in [0.05, 0.1) is 0 Å². The largest absolute Gasteiger partial charge is 0.378 e. The maximum Gasteiger partial charge on any atom is 0.338 e. The van der Waals surface area contributed by atoms with E-state index in [2.05, 4.69) is 0 Å². The summed E-state index contributed by atoms with van der Waals surface area (Å²) in [5.74, 6) is 0.337. The number of fused-ring (bicyclic) bond motifs is 1. The van der Waals surface area contributed by atoms with E-state index in [9.17, 15) is 8.42 Å². The molecule has 0 amide bonds. The Labute approximate surface area is 123 Å². The Kier molecular flexibility index (Phi) is 3.53. The van der Waals surface area contributed by atoms with Crippen molar-refractivity contribution in [1.82, 2.24) is 0 Å². The highest BCUT2D eigenvalue weighted by atomic mass is 32.2. The van der Waals surface area contributed by atoms with Crippen molar-refractivity contribution in [1.29, 1.82) is 0 Å². The molecule has 3 rings (SSSR count). The first-order valence-electron chi connectivity index (χ1n) is 6.44. The monoisotopic (exact) mass is 302 g/mol. The number of para-hydroxylation sites is 1. The lowest BCUT2D eigenvalue weighted by atomic mass is 10.1. The Morgan fingerprint density at radius 2 is 1.67 bits per heavy atom. The number of rotatable bonds is 3. The number of hydrogen-bond donors (Lipinski definition) is 0. The van der Waals surface area contributed by atoms with E-state index in [4.69, 9.17) is 8.92 Å². The summed E-state index contributed by atoms with van der Waals surface area (Å²) >= 11 is 0. The number of benzene rings is 2. The lowest BCUT2D eigenvalue weighted by Gasteiger charge is -2.23. The Bertz CT molecular complexity index is 779. The molecule has 1 aliphatic rings. The average Bonchev–Trinajstić information content (AvgIpc) is 2.49. The molecule has 2 aromatic rings. The van der Waals surface area contributed by atoms with Gasteiger partial charge in [-0.2, -0.15) is 8.42 Å². The molecule has 0 aliphatic carbocycles. The summed E-state index contributed by atoms with van der Waals surface area (Å²) in [6.45, 7) is 0. The van der Waals surface area contributed by atoms with Gasteiger partial charge >= 0.3 is 10.1 Å². The molecule has 0 saturated carbocycles. The smallest absolute Gasteiger partial charge is 0.338 e. The topological polar surface area (TPSA) is 52.6 Å². The van der Waals surface area contributed by atoms with Gasteiger partial charge in [0.15, 0.2) is 0 Å². The van der Waals surface area contributed by atoms with Gasteiger partial charge in [-0.25, -0.2) is 0 Å². The zero-order valence-electron chi connectivity index (χ0n) is 11.4. The van der Waals surface area contributed by atoms with Crippen molar-refractivity contribution in [3.8, 4) is 5.75 Å². The van der Waals surface area contributed by atoms with Crippen molar-refractivity contribution in [2.24, 2.45) is 0 Å². The first-order chi connectivity index (χ1) is 10.1. The summed E-state index contributed by atoms with van der Waals surface area (Å²) in [5.41, 5.74) is 1.48. The first kappa shape index (κ1) is 13.9. The van der Waals surface area contributed by atoms with E-state index in [1.54, 1.807) is 18.2 Å². The SMILES string of the molecule is COC(C1=Cc2ccccc2OS1(=O)=O)c1ccccc1. The van der Waals surface area contributed by atoms with Crippen molar-refractivity contribution in [2.45, 2.75) is 6.10 Å². The molecule has 0 bridgehead atoms. The zero-order chi connectivity index (χ0) is 14.9. The summed E-state index contributed by atoms with van der Waals surface area (Å²) in [4.78, 5) is 0.106. The fourth-order valence-corrected chi connectivity index (χ4v) is 3.57. The van der Waals surface area contributed by atoms with Crippen molar-refractivity contribution in [3.05, 3.63) is 70.6 Å². The molecule has 1 heterocycles. The van der Waals surface area contributed by atoms with Crippen molar-refractivity contribution in [3.63, 3.8) is 0 Å². The molecule has 0 saturated heterocycles. The van der Waals surface area contributed by atoms with Gasteiger partial charge in [0.25, 0.3) is 0 Å². The Morgan fingerprint density at radius 3 is 2.38 bits per heavy atom. The molecular weight excluding hydrogens is 288 g/mol. The lowest BCUT2D eigenvalue weighted by Crippen LogP contribution is -2.21. The maximum atomic E-state index is 12.3. The molecule has 1 aliphatic heterocycles. The van der Waals surface area contributed by atoms with E-state index >= 15 is 0 Å². The van der Waals surface area contributed by atoms with Gasteiger partial charge in [0.1, 0.15) is 16.8 Å². The molecule has 0 fully saturated rings. The maximum absolute atomic E-state index is 12.3. The molecule has 108 valence electrons. The van der Waals surface area contributed by atoms with E-state index < -0.39 is 16.2 Å². The van der Waals surface area contributed by atoms with Crippen LogP contribution in [0.3, 0.4) is 0 Å². The second-order valence-electron chi connectivity index (χ2n) is 4.65. The van der Waals surface area contributed by atoms with Crippen LogP contribution in [-0.4, -0.2) is 15.5 Å². The molecule has 0 aromatic heterocycles. The second kappa shape index (κ2) is 5.35. The third kappa shape index (κ3) is 2.57. The molecule has 0 N–H and O–H groups in total. The van der Waals surface area contributed by atoms with E-state index in [-0.39, 0.29) is 4.91 Å². The van der Waals surface area contributed by atoms with Gasteiger partial charge in [-0.3, -0.25) is 0 Å². The van der Waals surface area contributed by atoms with Gasteiger partial charge in [-0.1, -0.05) is 48.5 Å². The van der Waals surface area contributed by atoms with Crippen LogP contribution in [0.5, 0.6) is 5.75 Å². The minimum atomic E-state index is -3.86. The molecule has 2 aromatic carbocycles. The fraction of sp³-hybridized carbons (Fsp3) is 0.125. The molecule has 1 unspecified atom stereocenters. The van der Waals surface area contributed by atoms with E-state index in [0.29, 0.717) is 5.75 Å². The van der Waals surface area contributed by atoms with Crippen LogP contribution in [0.2, 0.25) is 0 Å². The van der Waals surface area contributed by atoms with Gasteiger partial charge in [-0.15, -0.1) is 0 Å². The van der Waals surface area contributed by atoms with Crippen LogP contribution in [-0.2, 0) is 14.9 Å². The first-order valence-corrected chi connectivity index (χ1v) is 7.85. The molecule has 5 heteroatoms. The Hall–Kier alpha value is -2.11. The third-order valence-electron chi connectivity index (χ3n) is 3.30. The molecule has 4 nitrogen and oxygen atoms in total. The molecular formula is C16H14O4S. The van der Waals surface area contributed by atoms with Gasteiger partial charge in [0.2, 0.25) is 0 Å². The minimum absolute atomic E-state index is 0.106. The summed E-state index contributed by atoms with van der Waals surface area (Å²) in [6.07, 6.45) is 0.916. The number of ether oxygens (including phenoxy) is 1. The van der Waals surface area contributed by atoms with Crippen LogP contribution < -0.4 is 4.18 Å². The highest BCUT2D eigenvalue weighted by molar-refractivity contribution is 7.91. The van der Waals surface area contributed by atoms with Crippen molar-refractivity contribution in [2.75, 3.05) is 7.11 Å². The Morgan fingerprint density at radius 1 is 1.00 bits per heavy atom. The Balaban J connectivity index is 2.13. The lowest BCUT2D eigenvalue weighted by molar-refractivity contribution is 0.138. The van der Waals surface area contributed by atoms with Gasteiger partial charge < -0.3 is 8.92 Å². The molecule has 0 spiro atoms. The summed E-state index contributed by atoms with van der Waals surface area (Å²) in [7, 11) is -2.38. The summed E-state index contributed by atoms with van der Waals surface area (Å²) in [5, 5.41) is 0. The summed E-state index contributed by atoms with van der Waals surface area (Å²) in [6, 6.07) is 16.2. The molecule has 21 heavy (non-hydrogen) atoms. The molecule has 1 atom stereocenters. The highest BCUT2D eigenvalue weighted by Gasteiger charge is 2.33. The van der Waals surface area contributed by atoms with E-state index in [0.717, 1.165) is 11.1 Å². The van der Waals surface area contributed by atoms with Crippen molar-refractivity contribution < 1.29 is 17.3 Å². The van der Waals surface area contributed by atoms with Crippen LogP contribution >= 0.6 is 0 Å². The number of hydrogen-bond acceptors (Lipinski definition) is 4. The van der Waals surface area contributed by atoms with Crippen LogP contribution in [0.15, 0.2) is 59.5 Å². The van der Waals surface area contributed by atoms with Crippen LogP contribution in [0.25, 0.3) is 6.08 Å². The summed E-state index contributed by atoms with van der Waals surface area (Å²) < 4.78 is 35.3. The van der Waals surface area contributed by atoms with Gasteiger partial charge in [-0.05, 0) is 17.7 Å². The van der Waals surface area contributed by atoms with E-state index in [1.165, 1.54) is 7.11 Å². The highest BCUT2D eigenvalue weighted by Crippen LogP contribution is 2.38. The minimum Gasteiger partial charge on any atom is -0.378 e. The van der Waals surface area contributed by atoms with Crippen LogP contribution in [0.4, 0.5) is 0 Å². The average molecular weight is 302 g/mol. The van der Waals surface area contributed by atoms with Crippen LogP contribution in [0, 0.1) is 0 Å². The fourth-order valence-electron chi connectivity index (χ4n) is 2.32. The number of methoxy groups -OCH3 is 1. The van der Waals surface area contributed by atoms with Crippen molar-refractivity contribution >= 4 is 16.2 Å². The van der Waals surface area contributed by atoms with E-state index in [1.807, 2.05) is 42.5 Å². The second-order valence-corrected chi connectivity index (χ2v) is 6.19. The third-order valence-corrected chi connectivity index (χ3v) is 4.61. The van der Waals surface area contributed by atoms with Crippen LogP contribution in [0.1, 0.15) is 17.2 Å². The van der Waals surface area contributed by atoms with Gasteiger partial charge in [0, 0.05) is 12.7 Å². The molecule has 0 radical (unpaired) electrons.